The second kappa shape index (κ2) is 8.21. The van der Waals surface area contributed by atoms with Crippen molar-refractivity contribution >= 4 is 17.0 Å². The molecule has 0 amide bonds. The smallest absolute Gasteiger partial charge is 0.225 e. The van der Waals surface area contributed by atoms with Crippen LogP contribution in [0.4, 0.5) is 5.95 Å². The van der Waals surface area contributed by atoms with Crippen molar-refractivity contribution < 1.29 is 0 Å². The molecule has 0 aliphatic rings. The number of hydrogen-bond donors (Lipinski definition) is 1. The van der Waals surface area contributed by atoms with Crippen molar-refractivity contribution in [2.24, 2.45) is 0 Å². The highest BCUT2D eigenvalue weighted by molar-refractivity contribution is 5.76. The first-order valence-corrected chi connectivity index (χ1v) is 9.86. The molecule has 1 N–H and O–H groups in total. The van der Waals surface area contributed by atoms with Crippen LogP contribution < -0.4 is 5.32 Å². The van der Waals surface area contributed by atoms with E-state index < -0.39 is 0 Å². The van der Waals surface area contributed by atoms with Gasteiger partial charge in [-0.15, -0.1) is 0 Å². The van der Waals surface area contributed by atoms with Crippen LogP contribution in [0.25, 0.3) is 16.9 Å². The molecule has 5 nitrogen and oxygen atoms in total. The van der Waals surface area contributed by atoms with Crippen molar-refractivity contribution in [2.75, 3.05) is 5.32 Å². The maximum atomic E-state index is 4.80. The third-order valence-electron chi connectivity index (χ3n) is 4.90. The van der Waals surface area contributed by atoms with E-state index in [1.54, 1.807) is 0 Å². The van der Waals surface area contributed by atoms with Crippen LogP contribution in [0.2, 0.25) is 0 Å². The van der Waals surface area contributed by atoms with Crippen LogP contribution in [0, 0.1) is 0 Å². The van der Waals surface area contributed by atoms with E-state index in [4.69, 9.17) is 9.97 Å². The summed E-state index contributed by atoms with van der Waals surface area (Å²) in [6.45, 7) is 4.33. The fraction of sp³-hybridized carbons (Fsp3) is 0.261. The molecular weight excluding hydrogens is 346 g/mol. The molecule has 2 heterocycles. The Hall–Kier alpha value is -3.21. The number of hydrogen-bond acceptors (Lipinski definition) is 4. The first-order chi connectivity index (χ1) is 13.7. The maximum Gasteiger partial charge on any atom is 0.225 e. The van der Waals surface area contributed by atoms with E-state index in [1.807, 2.05) is 35.2 Å². The zero-order chi connectivity index (χ0) is 19.3. The van der Waals surface area contributed by atoms with E-state index in [9.17, 15) is 0 Å². The number of nitrogens with one attached hydrogen (secondary N) is 1. The third-order valence-corrected chi connectivity index (χ3v) is 4.90. The van der Waals surface area contributed by atoms with Crippen LogP contribution in [-0.4, -0.2) is 19.5 Å². The Morgan fingerprint density at radius 3 is 2.61 bits per heavy atom. The van der Waals surface area contributed by atoms with Gasteiger partial charge in [-0.05, 0) is 37.5 Å². The molecule has 0 radical (unpaired) electrons. The van der Waals surface area contributed by atoms with E-state index in [0.717, 1.165) is 41.8 Å². The number of anilines is 1. The zero-order valence-electron chi connectivity index (χ0n) is 16.3. The van der Waals surface area contributed by atoms with E-state index in [2.05, 4.69) is 60.5 Å². The normalized spacial score (nSPS) is 12.2. The summed E-state index contributed by atoms with van der Waals surface area (Å²) in [5.74, 6) is 1.50. The Labute approximate surface area is 165 Å². The summed E-state index contributed by atoms with van der Waals surface area (Å²) in [5, 5.41) is 3.47. The second-order valence-corrected chi connectivity index (χ2v) is 7.02. The zero-order valence-corrected chi connectivity index (χ0v) is 16.3. The van der Waals surface area contributed by atoms with Gasteiger partial charge in [-0.3, -0.25) is 4.57 Å². The average molecular weight is 371 g/mol. The number of nitrogens with zero attached hydrogens (tertiary/aromatic N) is 4. The maximum absolute atomic E-state index is 4.80. The summed E-state index contributed by atoms with van der Waals surface area (Å²) in [6, 6.07) is 20.7. The van der Waals surface area contributed by atoms with Crippen LogP contribution in [0.3, 0.4) is 0 Å². The number of fused-ring (bicyclic) bond motifs is 1. The van der Waals surface area contributed by atoms with Crippen LogP contribution in [-0.2, 0) is 6.42 Å². The lowest BCUT2D eigenvalue weighted by Crippen LogP contribution is -2.12. The van der Waals surface area contributed by atoms with E-state index >= 15 is 0 Å². The van der Waals surface area contributed by atoms with Crippen LogP contribution in [0.1, 0.15) is 44.0 Å². The number of rotatable bonds is 7. The van der Waals surface area contributed by atoms with Gasteiger partial charge in [-0.2, -0.15) is 4.98 Å². The molecule has 2 aromatic carbocycles. The number of imidazole rings is 1. The van der Waals surface area contributed by atoms with E-state index in [1.165, 1.54) is 5.56 Å². The molecule has 0 spiro atoms. The van der Waals surface area contributed by atoms with Crippen molar-refractivity contribution in [3.8, 4) is 5.82 Å². The lowest BCUT2D eigenvalue weighted by atomic mass is 10.1. The minimum Gasteiger partial charge on any atom is -0.348 e. The number of unbranched alkanes of at least 4 members (excludes halogenated alkanes) is 1. The SMILES string of the molecule is CCCCc1cc(-n2cnc3ccccc32)nc(NC(C)c2ccccc2)n1. The average Bonchev–Trinajstić information content (AvgIpc) is 3.17. The monoisotopic (exact) mass is 371 g/mol. The van der Waals surface area contributed by atoms with Gasteiger partial charge in [0.05, 0.1) is 17.1 Å². The largest absolute Gasteiger partial charge is 0.348 e. The van der Waals surface area contributed by atoms with E-state index in [0.29, 0.717) is 5.95 Å². The summed E-state index contributed by atoms with van der Waals surface area (Å²) < 4.78 is 2.03. The topological polar surface area (TPSA) is 55.6 Å². The van der Waals surface area contributed by atoms with Gasteiger partial charge in [0.1, 0.15) is 12.1 Å². The molecule has 1 atom stereocenters. The van der Waals surface area contributed by atoms with Crippen LogP contribution >= 0.6 is 0 Å². The van der Waals surface area contributed by atoms with Gasteiger partial charge in [-0.25, -0.2) is 9.97 Å². The lowest BCUT2D eigenvalue weighted by Gasteiger charge is -2.16. The fourth-order valence-electron chi connectivity index (χ4n) is 3.32. The highest BCUT2D eigenvalue weighted by Crippen LogP contribution is 2.21. The summed E-state index contributed by atoms with van der Waals surface area (Å²) in [5.41, 5.74) is 4.26. The fourth-order valence-corrected chi connectivity index (χ4v) is 3.32. The van der Waals surface area contributed by atoms with Gasteiger partial charge in [0.15, 0.2) is 0 Å². The molecule has 4 aromatic rings. The van der Waals surface area contributed by atoms with Crippen molar-refractivity contribution in [2.45, 2.75) is 39.2 Å². The van der Waals surface area contributed by atoms with Gasteiger partial charge >= 0.3 is 0 Å². The summed E-state index contributed by atoms with van der Waals surface area (Å²) in [4.78, 5) is 14.1. The van der Waals surface area contributed by atoms with Crippen molar-refractivity contribution in [3.05, 3.63) is 78.2 Å². The quantitative estimate of drug-likeness (QED) is 0.477. The second-order valence-electron chi connectivity index (χ2n) is 7.02. The highest BCUT2D eigenvalue weighted by Gasteiger charge is 2.12. The van der Waals surface area contributed by atoms with Gasteiger partial charge in [0.2, 0.25) is 5.95 Å². The predicted molar refractivity (Wildman–Crippen MR) is 114 cm³/mol. The number of para-hydroxylation sites is 2. The molecule has 4 rings (SSSR count). The summed E-state index contributed by atoms with van der Waals surface area (Å²) >= 11 is 0. The molecule has 0 bridgehead atoms. The molecule has 2 aromatic heterocycles. The molecule has 28 heavy (non-hydrogen) atoms. The molecule has 0 saturated carbocycles. The minimum absolute atomic E-state index is 0.120. The molecule has 142 valence electrons. The Morgan fingerprint density at radius 1 is 1.00 bits per heavy atom. The standard InChI is InChI=1S/C23H25N5/c1-3-4-12-19-15-22(28-16-24-20-13-8-9-14-21(20)28)27-23(26-19)25-17(2)18-10-6-5-7-11-18/h5-11,13-17H,3-4,12H2,1-2H3,(H,25,26,27). The molecule has 0 aliphatic heterocycles. The molecule has 0 saturated heterocycles. The van der Waals surface area contributed by atoms with E-state index in [-0.39, 0.29) is 6.04 Å². The summed E-state index contributed by atoms with van der Waals surface area (Å²) in [7, 11) is 0. The molecule has 0 fully saturated rings. The molecule has 5 heteroatoms. The Balaban J connectivity index is 1.71. The van der Waals surface area contributed by atoms with Gasteiger partial charge in [-0.1, -0.05) is 55.8 Å². The van der Waals surface area contributed by atoms with Crippen LogP contribution in [0.15, 0.2) is 67.0 Å². The third kappa shape index (κ3) is 3.88. The van der Waals surface area contributed by atoms with Gasteiger partial charge in [0.25, 0.3) is 0 Å². The molecule has 0 aliphatic carbocycles. The number of benzene rings is 2. The minimum atomic E-state index is 0.120. The highest BCUT2D eigenvalue weighted by atomic mass is 15.2. The Morgan fingerprint density at radius 2 is 1.79 bits per heavy atom. The number of aryl methyl sites for hydroxylation is 1. The Kier molecular flexibility index (Phi) is 5.33. The van der Waals surface area contributed by atoms with Gasteiger partial charge in [0, 0.05) is 11.8 Å². The predicted octanol–water partition coefficient (Wildman–Crippen LogP) is 5.33. The van der Waals surface area contributed by atoms with Crippen molar-refractivity contribution in [3.63, 3.8) is 0 Å². The van der Waals surface area contributed by atoms with Crippen molar-refractivity contribution in [1.29, 1.82) is 0 Å². The Bertz CT molecular complexity index is 1050. The first-order valence-electron chi connectivity index (χ1n) is 9.86. The number of aromatic nitrogens is 4. The molecule has 1 unspecified atom stereocenters. The lowest BCUT2D eigenvalue weighted by molar-refractivity contribution is 0.766. The first kappa shape index (κ1) is 18.2. The van der Waals surface area contributed by atoms with Gasteiger partial charge < -0.3 is 5.32 Å². The molecular formula is C23H25N5. The van der Waals surface area contributed by atoms with Crippen molar-refractivity contribution in [1.82, 2.24) is 19.5 Å². The summed E-state index contributed by atoms with van der Waals surface area (Å²) in [6.07, 6.45) is 5.01. The van der Waals surface area contributed by atoms with Crippen LogP contribution in [0.5, 0.6) is 0 Å².